The zero-order valence-corrected chi connectivity index (χ0v) is 14.9. The normalized spacial score (nSPS) is 11.7. The second-order valence-electron chi connectivity index (χ2n) is 4.98. The van der Waals surface area contributed by atoms with Gasteiger partial charge in [-0.05, 0) is 59.6 Å². The summed E-state index contributed by atoms with van der Waals surface area (Å²) in [6, 6.07) is 12.1. The van der Waals surface area contributed by atoms with E-state index in [1.165, 1.54) is 6.92 Å². The van der Waals surface area contributed by atoms with E-state index < -0.39 is 18.0 Å². The predicted octanol–water partition coefficient (Wildman–Crippen LogP) is 4.59. The van der Waals surface area contributed by atoms with Gasteiger partial charge in [0.1, 0.15) is 0 Å². The quantitative estimate of drug-likeness (QED) is 0.769. The molecule has 120 valence electrons. The van der Waals surface area contributed by atoms with Crippen molar-refractivity contribution in [2.75, 3.05) is 5.32 Å². The summed E-state index contributed by atoms with van der Waals surface area (Å²) < 4.78 is 5.81. The Balaban J connectivity index is 2.01. The molecule has 0 spiro atoms. The molecule has 2 aromatic carbocycles. The number of halogens is 2. The lowest BCUT2D eigenvalue weighted by Gasteiger charge is -2.14. The first kappa shape index (κ1) is 17.5. The molecule has 0 radical (unpaired) electrons. The third-order valence-corrected chi connectivity index (χ3v) is 4.28. The summed E-state index contributed by atoms with van der Waals surface area (Å²) in [6.45, 7) is 3.38. The molecule has 0 fully saturated rings. The Bertz CT molecular complexity index is 748. The van der Waals surface area contributed by atoms with E-state index in [1.54, 1.807) is 42.5 Å². The third kappa shape index (κ3) is 4.56. The maximum Gasteiger partial charge on any atom is 0.340 e. The first-order valence-corrected chi connectivity index (χ1v) is 8.08. The van der Waals surface area contributed by atoms with Crippen LogP contribution in [-0.2, 0) is 9.53 Å². The smallest absolute Gasteiger partial charge is 0.340 e. The minimum atomic E-state index is -0.935. The van der Waals surface area contributed by atoms with Crippen LogP contribution in [0.3, 0.4) is 0 Å². The number of hydrogen-bond donors (Lipinski definition) is 1. The number of esters is 1. The summed E-state index contributed by atoms with van der Waals surface area (Å²) >= 11 is 9.29. The van der Waals surface area contributed by atoms with Crippen molar-refractivity contribution in [3.8, 4) is 0 Å². The average Bonchev–Trinajstić information content (AvgIpc) is 2.51. The van der Waals surface area contributed by atoms with Gasteiger partial charge in [0.15, 0.2) is 6.10 Å². The van der Waals surface area contributed by atoms with Gasteiger partial charge in [-0.2, -0.15) is 0 Å². The lowest BCUT2D eigenvalue weighted by molar-refractivity contribution is -0.123. The van der Waals surface area contributed by atoms with Crippen LogP contribution in [0.5, 0.6) is 0 Å². The van der Waals surface area contributed by atoms with Gasteiger partial charge in [-0.15, -0.1) is 0 Å². The molecule has 0 aliphatic heterocycles. The van der Waals surface area contributed by atoms with Crippen molar-refractivity contribution >= 4 is 45.1 Å². The number of ether oxygens (including phenoxy) is 1. The van der Waals surface area contributed by atoms with Crippen LogP contribution in [0.4, 0.5) is 5.69 Å². The van der Waals surface area contributed by atoms with E-state index in [0.717, 1.165) is 5.56 Å². The summed E-state index contributed by atoms with van der Waals surface area (Å²) in [5.41, 5.74) is 1.83. The van der Waals surface area contributed by atoms with Crippen molar-refractivity contribution in [2.24, 2.45) is 0 Å². The van der Waals surface area contributed by atoms with Gasteiger partial charge in [0, 0.05) is 15.2 Å². The summed E-state index contributed by atoms with van der Waals surface area (Å²) in [7, 11) is 0. The molecular formula is C17H15BrClNO3. The third-order valence-electron chi connectivity index (χ3n) is 3.19. The SMILES string of the molecule is Cc1ccc(NC(=O)[C@@H](C)OC(=O)c2ccccc2Br)cc1Cl. The summed E-state index contributed by atoms with van der Waals surface area (Å²) in [6.07, 6.45) is -0.935. The summed E-state index contributed by atoms with van der Waals surface area (Å²) in [5, 5.41) is 3.23. The average molecular weight is 397 g/mol. The molecule has 0 aromatic heterocycles. The predicted molar refractivity (Wildman–Crippen MR) is 93.8 cm³/mol. The highest BCUT2D eigenvalue weighted by molar-refractivity contribution is 9.10. The van der Waals surface area contributed by atoms with Gasteiger partial charge >= 0.3 is 5.97 Å². The first-order chi connectivity index (χ1) is 10.9. The number of carbonyl (C=O) groups is 2. The second kappa shape index (κ2) is 7.62. The lowest BCUT2D eigenvalue weighted by atomic mass is 10.2. The number of anilines is 1. The molecular weight excluding hydrogens is 382 g/mol. The van der Waals surface area contributed by atoms with Crippen LogP contribution in [0, 0.1) is 6.92 Å². The van der Waals surface area contributed by atoms with E-state index in [0.29, 0.717) is 20.7 Å². The van der Waals surface area contributed by atoms with Gasteiger partial charge in [-0.25, -0.2) is 4.79 Å². The minimum Gasteiger partial charge on any atom is -0.449 e. The second-order valence-corrected chi connectivity index (χ2v) is 6.24. The van der Waals surface area contributed by atoms with Gasteiger partial charge in [-0.3, -0.25) is 4.79 Å². The molecule has 0 aliphatic carbocycles. The van der Waals surface area contributed by atoms with Crippen molar-refractivity contribution in [3.05, 3.63) is 63.1 Å². The Morgan fingerprint density at radius 3 is 2.57 bits per heavy atom. The molecule has 2 aromatic rings. The van der Waals surface area contributed by atoms with Crippen molar-refractivity contribution < 1.29 is 14.3 Å². The Morgan fingerprint density at radius 1 is 1.22 bits per heavy atom. The lowest BCUT2D eigenvalue weighted by Crippen LogP contribution is -2.30. The fourth-order valence-electron chi connectivity index (χ4n) is 1.82. The zero-order valence-electron chi connectivity index (χ0n) is 12.6. The van der Waals surface area contributed by atoms with Crippen LogP contribution in [-0.4, -0.2) is 18.0 Å². The molecule has 0 saturated heterocycles. The van der Waals surface area contributed by atoms with E-state index in [9.17, 15) is 9.59 Å². The highest BCUT2D eigenvalue weighted by atomic mass is 79.9. The molecule has 0 unspecified atom stereocenters. The van der Waals surface area contributed by atoms with E-state index in [2.05, 4.69) is 21.2 Å². The van der Waals surface area contributed by atoms with Gasteiger partial charge in [0.2, 0.25) is 0 Å². The molecule has 0 bridgehead atoms. The van der Waals surface area contributed by atoms with Crippen LogP contribution in [0.1, 0.15) is 22.8 Å². The van der Waals surface area contributed by atoms with Crippen LogP contribution in [0.15, 0.2) is 46.9 Å². The molecule has 23 heavy (non-hydrogen) atoms. The Morgan fingerprint density at radius 2 is 1.91 bits per heavy atom. The number of amides is 1. The number of aryl methyl sites for hydroxylation is 1. The molecule has 4 nitrogen and oxygen atoms in total. The molecule has 6 heteroatoms. The van der Waals surface area contributed by atoms with E-state index >= 15 is 0 Å². The molecule has 1 atom stereocenters. The van der Waals surface area contributed by atoms with E-state index in [4.69, 9.17) is 16.3 Å². The monoisotopic (exact) mass is 395 g/mol. The molecule has 1 amide bonds. The Kier molecular flexibility index (Phi) is 5.80. The van der Waals surface area contributed by atoms with Gasteiger partial charge < -0.3 is 10.1 Å². The Hall–Kier alpha value is -1.85. The number of nitrogens with one attached hydrogen (secondary N) is 1. The van der Waals surface area contributed by atoms with Crippen LogP contribution >= 0.6 is 27.5 Å². The Labute approximate surface area is 147 Å². The maximum absolute atomic E-state index is 12.1. The summed E-state index contributed by atoms with van der Waals surface area (Å²) in [5.74, 6) is -0.993. The number of benzene rings is 2. The molecule has 0 aliphatic rings. The van der Waals surface area contributed by atoms with Gasteiger partial charge in [0.25, 0.3) is 5.91 Å². The molecule has 1 N–H and O–H groups in total. The van der Waals surface area contributed by atoms with Gasteiger partial charge in [-0.1, -0.05) is 29.8 Å². The van der Waals surface area contributed by atoms with Gasteiger partial charge in [0.05, 0.1) is 5.56 Å². The largest absolute Gasteiger partial charge is 0.449 e. The first-order valence-electron chi connectivity index (χ1n) is 6.91. The van der Waals surface area contributed by atoms with Crippen molar-refractivity contribution in [2.45, 2.75) is 20.0 Å². The van der Waals surface area contributed by atoms with Crippen LogP contribution < -0.4 is 5.32 Å². The van der Waals surface area contributed by atoms with Crippen molar-refractivity contribution in [3.63, 3.8) is 0 Å². The van der Waals surface area contributed by atoms with E-state index in [1.807, 2.05) is 6.92 Å². The van der Waals surface area contributed by atoms with Crippen molar-refractivity contribution in [1.82, 2.24) is 0 Å². The number of hydrogen-bond acceptors (Lipinski definition) is 3. The zero-order chi connectivity index (χ0) is 17.0. The van der Waals surface area contributed by atoms with Crippen molar-refractivity contribution in [1.29, 1.82) is 0 Å². The van der Waals surface area contributed by atoms with Crippen LogP contribution in [0.25, 0.3) is 0 Å². The summed E-state index contributed by atoms with van der Waals surface area (Å²) in [4.78, 5) is 24.2. The highest BCUT2D eigenvalue weighted by Crippen LogP contribution is 2.21. The maximum atomic E-state index is 12.1. The molecule has 0 heterocycles. The molecule has 2 rings (SSSR count). The molecule has 0 saturated carbocycles. The fraction of sp³-hybridized carbons (Fsp3) is 0.176. The highest BCUT2D eigenvalue weighted by Gasteiger charge is 2.20. The fourth-order valence-corrected chi connectivity index (χ4v) is 2.45. The van der Waals surface area contributed by atoms with E-state index in [-0.39, 0.29) is 0 Å². The topological polar surface area (TPSA) is 55.4 Å². The van der Waals surface area contributed by atoms with Crippen LogP contribution in [0.2, 0.25) is 5.02 Å². The number of carbonyl (C=O) groups excluding carboxylic acids is 2. The standard InChI is InChI=1S/C17H15BrClNO3/c1-10-7-8-12(9-15(10)19)20-16(21)11(2)23-17(22)13-5-3-4-6-14(13)18/h3-9,11H,1-2H3,(H,20,21)/t11-/m1/s1. The number of rotatable bonds is 4. The minimum absolute atomic E-state index is 0.366.